The van der Waals surface area contributed by atoms with Crippen LogP contribution in [0.3, 0.4) is 0 Å². The van der Waals surface area contributed by atoms with Gasteiger partial charge in [-0.2, -0.15) is 0 Å². The minimum absolute atomic E-state index is 0.0318. The van der Waals surface area contributed by atoms with E-state index in [1.54, 1.807) is 0 Å². The van der Waals surface area contributed by atoms with Crippen molar-refractivity contribution in [3.8, 4) is 0 Å². The molecule has 0 bridgehead atoms. The molecule has 3 atom stereocenters. The Labute approximate surface area is 110 Å². The molecule has 2 N–H and O–H groups in total. The number of nitrogens with two attached hydrogens (primary N) is 1. The topological polar surface area (TPSA) is 35.2 Å². The third kappa shape index (κ3) is 3.44. The largest absolute Gasteiger partial charge is 0.372 e. The molecule has 0 saturated heterocycles. The van der Waals surface area contributed by atoms with Crippen molar-refractivity contribution in [1.29, 1.82) is 0 Å². The van der Waals surface area contributed by atoms with Gasteiger partial charge in [0.05, 0.1) is 12.7 Å². The van der Waals surface area contributed by atoms with E-state index in [-0.39, 0.29) is 6.10 Å². The van der Waals surface area contributed by atoms with Crippen LogP contribution in [0.15, 0.2) is 42.5 Å². The minimum atomic E-state index is 0.0318. The highest BCUT2D eigenvalue weighted by Crippen LogP contribution is 2.27. The van der Waals surface area contributed by atoms with E-state index in [0.29, 0.717) is 18.4 Å². The summed E-state index contributed by atoms with van der Waals surface area (Å²) in [4.78, 5) is 0. The van der Waals surface area contributed by atoms with Gasteiger partial charge in [0.15, 0.2) is 0 Å². The molecule has 3 unspecified atom stereocenters. The maximum Gasteiger partial charge on any atom is 0.0947 e. The van der Waals surface area contributed by atoms with Crippen LogP contribution >= 0.6 is 0 Å². The first-order chi connectivity index (χ1) is 8.81. The fourth-order valence-electron chi connectivity index (χ4n) is 2.45. The highest BCUT2D eigenvalue weighted by atomic mass is 16.5. The molecule has 2 heteroatoms. The summed E-state index contributed by atoms with van der Waals surface area (Å²) in [5.74, 6) is 1.34. The van der Waals surface area contributed by atoms with E-state index in [4.69, 9.17) is 10.5 Å². The first-order valence-corrected chi connectivity index (χ1v) is 6.83. The summed E-state index contributed by atoms with van der Waals surface area (Å²) >= 11 is 0. The molecular weight excluding hydrogens is 222 g/mol. The van der Waals surface area contributed by atoms with E-state index >= 15 is 0 Å². The molecule has 18 heavy (non-hydrogen) atoms. The number of hydrogen-bond acceptors (Lipinski definition) is 2. The molecule has 1 aliphatic rings. The van der Waals surface area contributed by atoms with E-state index < -0.39 is 0 Å². The first-order valence-electron chi connectivity index (χ1n) is 6.83. The lowest BCUT2D eigenvalue weighted by atomic mass is 9.85. The van der Waals surface area contributed by atoms with Gasteiger partial charge in [-0.1, -0.05) is 49.4 Å². The second-order valence-corrected chi connectivity index (χ2v) is 5.15. The van der Waals surface area contributed by atoms with Crippen LogP contribution in [0.5, 0.6) is 0 Å². The summed E-state index contributed by atoms with van der Waals surface area (Å²) in [6, 6.07) is 10.3. The van der Waals surface area contributed by atoms with Gasteiger partial charge in [-0.25, -0.2) is 0 Å². The number of rotatable bonds is 5. The molecule has 0 spiro atoms. The molecule has 0 aliphatic heterocycles. The molecule has 98 valence electrons. The molecule has 0 aromatic heterocycles. The average Bonchev–Trinajstić information content (AvgIpc) is 2.42. The van der Waals surface area contributed by atoms with Gasteiger partial charge in [-0.15, -0.1) is 0 Å². The fourth-order valence-corrected chi connectivity index (χ4v) is 2.45. The van der Waals surface area contributed by atoms with E-state index in [1.165, 1.54) is 12.0 Å². The Hall–Kier alpha value is -1.12. The van der Waals surface area contributed by atoms with Crippen molar-refractivity contribution in [2.24, 2.45) is 17.6 Å². The van der Waals surface area contributed by atoms with Crippen molar-refractivity contribution in [3.05, 3.63) is 48.0 Å². The number of hydrogen-bond donors (Lipinski definition) is 1. The summed E-state index contributed by atoms with van der Waals surface area (Å²) in [6.45, 7) is 3.65. The number of benzene rings is 1. The summed E-state index contributed by atoms with van der Waals surface area (Å²) in [5, 5.41) is 0. The van der Waals surface area contributed by atoms with Crippen molar-refractivity contribution in [3.63, 3.8) is 0 Å². The monoisotopic (exact) mass is 245 g/mol. The molecule has 1 aliphatic carbocycles. The van der Waals surface area contributed by atoms with Gasteiger partial charge in [0, 0.05) is 6.54 Å². The molecule has 2 rings (SSSR count). The van der Waals surface area contributed by atoms with E-state index in [2.05, 4.69) is 31.2 Å². The van der Waals surface area contributed by atoms with Gasteiger partial charge < -0.3 is 10.5 Å². The summed E-state index contributed by atoms with van der Waals surface area (Å²) in [7, 11) is 0. The van der Waals surface area contributed by atoms with E-state index in [9.17, 15) is 0 Å². The van der Waals surface area contributed by atoms with Gasteiger partial charge in [-0.3, -0.25) is 0 Å². The Bertz CT molecular complexity index is 374. The van der Waals surface area contributed by atoms with Gasteiger partial charge in [0.25, 0.3) is 0 Å². The van der Waals surface area contributed by atoms with Gasteiger partial charge in [-0.05, 0) is 30.2 Å². The zero-order chi connectivity index (χ0) is 12.8. The van der Waals surface area contributed by atoms with Crippen LogP contribution in [0.1, 0.15) is 31.4 Å². The smallest absolute Gasteiger partial charge is 0.0947 e. The Morgan fingerprint density at radius 3 is 2.61 bits per heavy atom. The van der Waals surface area contributed by atoms with Gasteiger partial charge in [0.2, 0.25) is 0 Å². The van der Waals surface area contributed by atoms with Crippen LogP contribution in [-0.2, 0) is 4.74 Å². The molecule has 0 saturated carbocycles. The predicted molar refractivity (Wildman–Crippen MR) is 75.2 cm³/mol. The standard InChI is InChI=1S/C16H23NO/c1-13-7-5-6-10-15(13)12-18-16(11-17)14-8-3-2-4-9-14/h2-6,8-9,13,15-16H,7,10-12,17H2,1H3. The van der Waals surface area contributed by atoms with Gasteiger partial charge >= 0.3 is 0 Å². The van der Waals surface area contributed by atoms with Crippen molar-refractivity contribution < 1.29 is 4.74 Å². The normalized spacial score (nSPS) is 25.0. The Morgan fingerprint density at radius 2 is 1.94 bits per heavy atom. The lowest BCUT2D eigenvalue weighted by molar-refractivity contribution is 0.0202. The summed E-state index contributed by atoms with van der Waals surface area (Å²) in [6.07, 6.45) is 6.89. The molecular formula is C16H23NO. The molecule has 0 heterocycles. The highest BCUT2D eigenvalue weighted by Gasteiger charge is 2.20. The van der Waals surface area contributed by atoms with Crippen molar-refractivity contribution >= 4 is 0 Å². The molecule has 0 amide bonds. The van der Waals surface area contributed by atoms with E-state index in [1.807, 2.05) is 18.2 Å². The lowest BCUT2D eigenvalue weighted by Crippen LogP contribution is -2.24. The van der Waals surface area contributed by atoms with Crippen LogP contribution in [0, 0.1) is 11.8 Å². The summed E-state index contributed by atoms with van der Waals surface area (Å²) in [5.41, 5.74) is 7.00. The zero-order valence-corrected chi connectivity index (χ0v) is 11.1. The molecule has 1 aromatic rings. The fraction of sp³-hybridized carbons (Fsp3) is 0.500. The van der Waals surface area contributed by atoms with Gasteiger partial charge in [0.1, 0.15) is 0 Å². The predicted octanol–water partition coefficient (Wildman–Crippen LogP) is 3.31. The van der Waals surface area contributed by atoms with Crippen LogP contribution in [0.4, 0.5) is 0 Å². The second-order valence-electron chi connectivity index (χ2n) is 5.15. The molecule has 0 fully saturated rings. The highest BCUT2D eigenvalue weighted by molar-refractivity contribution is 5.17. The second kappa shape index (κ2) is 6.72. The number of ether oxygens (including phenoxy) is 1. The lowest BCUT2D eigenvalue weighted by Gasteiger charge is -2.27. The van der Waals surface area contributed by atoms with Crippen LogP contribution in [-0.4, -0.2) is 13.2 Å². The summed E-state index contributed by atoms with van der Waals surface area (Å²) < 4.78 is 6.03. The maximum absolute atomic E-state index is 6.03. The average molecular weight is 245 g/mol. The van der Waals surface area contributed by atoms with E-state index in [0.717, 1.165) is 13.0 Å². The Balaban J connectivity index is 1.89. The van der Waals surface area contributed by atoms with Crippen molar-refractivity contribution in [2.75, 3.05) is 13.2 Å². The van der Waals surface area contributed by atoms with Crippen LogP contribution in [0.25, 0.3) is 0 Å². The molecule has 0 radical (unpaired) electrons. The molecule has 2 nitrogen and oxygen atoms in total. The van der Waals surface area contributed by atoms with Crippen molar-refractivity contribution in [1.82, 2.24) is 0 Å². The molecule has 1 aromatic carbocycles. The van der Waals surface area contributed by atoms with Crippen molar-refractivity contribution in [2.45, 2.75) is 25.9 Å². The van der Waals surface area contributed by atoms with Crippen LogP contribution in [0.2, 0.25) is 0 Å². The number of allylic oxidation sites excluding steroid dienone is 2. The maximum atomic E-state index is 6.03. The zero-order valence-electron chi connectivity index (χ0n) is 11.1. The minimum Gasteiger partial charge on any atom is -0.372 e. The quantitative estimate of drug-likeness (QED) is 0.808. The van der Waals surface area contributed by atoms with Crippen LogP contribution < -0.4 is 5.73 Å². The first kappa shape index (κ1) is 13.3. The third-order valence-electron chi connectivity index (χ3n) is 3.82. The SMILES string of the molecule is CC1CC=CCC1COC(CN)c1ccccc1. The Kier molecular flexibility index (Phi) is 4.97. The Morgan fingerprint density at radius 1 is 1.22 bits per heavy atom. The third-order valence-corrected chi connectivity index (χ3v) is 3.82.